The van der Waals surface area contributed by atoms with Crippen LogP contribution in [0.2, 0.25) is 0 Å². The van der Waals surface area contributed by atoms with Crippen LogP contribution in [0.25, 0.3) is 0 Å². The van der Waals surface area contributed by atoms with Crippen LogP contribution in [-0.2, 0) is 33.3 Å². The molecule has 0 aliphatic heterocycles. The van der Waals surface area contributed by atoms with Crippen LogP contribution in [0.15, 0.2) is 12.2 Å². The first-order chi connectivity index (χ1) is 26.2. The van der Waals surface area contributed by atoms with E-state index in [0.717, 1.165) is 38.5 Å². The lowest BCUT2D eigenvalue weighted by Gasteiger charge is -2.73. The van der Waals surface area contributed by atoms with Gasteiger partial charge >= 0.3 is 17.9 Å². The summed E-state index contributed by atoms with van der Waals surface area (Å²) in [5, 5.41) is 9.37. The number of hydrogen-bond acceptors (Lipinski definition) is 7. The normalized spacial score (nSPS) is 38.0. The van der Waals surface area contributed by atoms with Gasteiger partial charge in [0.05, 0.1) is 19.4 Å². The largest absolute Gasteiger partial charge is 0.481 e. The van der Waals surface area contributed by atoms with Gasteiger partial charge in [0.15, 0.2) is 0 Å². The first-order valence-corrected chi connectivity index (χ1v) is 22.6. The SMILES string of the molecule is C=C(C)[C@@H]1CC[C@]2(CCC(=O)OC(CCCOCC)COCC)CC[C@]3(C)[C@H](CC[C@@H]4[C@@]5(C)CC[C@H](OC(=O)CC(C)(C)CC(=O)O)C(C)(C)[C@@H]5CC[C@]43C)[C@@H]12. The Hall–Kier alpha value is -1.93. The molecule has 0 saturated heterocycles. The highest BCUT2D eigenvalue weighted by Crippen LogP contribution is 2.78. The van der Waals surface area contributed by atoms with Crippen molar-refractivity contribution in [3.05, 3.63) is 12.2 Å². The molecule has 8 heteroatoms. The Bertz CT molecular complexity index is 1420. The zero-order valence-electron chi connectivity index (χ0n) is 37.2. The van der Waals surface area contributed by atoms with Gasteiger partial charge in [-0.25, -0.2) is 0 Å². The molecule has 56 heavy (non-hydrogen) atoms. The van der Waals surface area contributed by atoms with Gasteiger partial charge in [0.2, 0.25) is 0 Å². The van der Waals surface area contributed by atoms with Gasteiger partial charge in [-0.05, 0) is 161 Å². The predicted molar refractivity (Wildman–Crippen MR) is 221 cm³/mol. The first kappa shape index (κ1) is 45.2. The van der Waals surface area contributed by atoms with Crippen LogP contribution in [0.5, 0.6) is 0 Å². The Morgan fingerprint density at radius 1 is 0.821 bits per heavy atom. The zero-order chi connectivity index (χ0) is 41.3. The van der Waals surface area contributed by atoms with Crippen molar-refractivity contribution in [3.8, 4) is 0 Å². The highest BCUT2D eigenvalue weighted by molar-refractivity contribution is 5.73. The average Bonchev–Trinajstić information content (AvgIpc) is 3.49. The summed E-state index contributed by atoms with van der Waals surface area (Å²) in [5.74, 6) is 1.44. The van der Waals surface area contributed by atoms with Crippen LogP contribution < -0.4 is 0 Å². The topological polar surface area (TPSA) is 108 Å². The number of aliphatic carboxylic acids is 1. The monoisotopic (exact) mass is 785 g/mol. The number of rotatable bonds is 18. The van der Waals surface area contributed by atoms with Crippen molar-refractivity contribution in [2.75, 3.05) is 26.4 Å². The third-order valence-corrected chi connectivity index (χ3v) is 17.4. The number of carbonyl (C=O) groups excluding carboxylic acids is 2. The Labute approximate surface area is 340 Å². The molecule has 0 aromatic heterocycles. The number of esters is 2. The van der Waals surface area contributed by atoms with Crippen molar-refractivity contribution in [3.63, 3.8) is 0 Å². The molecule has 5 saturated carbocycles. The van der Waals surface area contributed by atoms with Crippen molar-refractivity contribution >= 4 is 17.9 Å². The molecule has 0 aromatic carbocycles. The second kappa shape index (κ2) is 17.3. The number of ether oxygens (including phenoxy) is 4. The Morgan fingerprint density at radius 3 is 2.20 bits per heavy atom. The minimum absolute atomic E-state index is 0.0519. The lowest BCUT2D eigenvalue weighted by Crippen LogP contribution is -2.66. The summed E-state index contributed by atoms with van der Waals surface area (Å²) in [4.78, 5) is 38.3. The van der Waals surface area contributed by atoms with Crippen molar-refractivity contribution in [2.24, 2.45) is 62.1 Å². The number of carboxylic acids is 1. The molecule has 0 spiro atoms. The fraction of sp³-hybridized carbons (Fsp3) is 0.896. The van der Waals surface area contributed by atoms with Crippen LogP contribution in [0.1, 0.15) is 172 Å². The van der Waals surface area contributed by atoms with E-state index in [0.29, 0.717) is 62.4 Å². The molecule has 0 radical (unpaired) electrons. The highest BCUT2D eigenvalue weighted by atomic mass is 16.6. The molecule has 5 aliphatic carbocycles. The summed E-state index contributed by atoms with van der Waals surface area (Å²) in [7, 11) is 0. The lowest BCUT2D eigenvalue weighted by atomic mass is 9.32. The summed E-state index contributed by atoms with van der Waals surface area (Å²) in [6.07, 6.45) is 14.1. The summed E-state index contributed by atoms with van der Waals surface area (Å²) in [6, 6.07) is 0. The smallest absolute Gasteiger partial charge is 0.306 e. The average molecular weight is 785 g/mol. The van der Waals surface area contributed by atoms with Gasteiger partial charge in [-0.3, -0.25) is 14.4 Å². The molecule has 0 amide bonds. The summed E-state index contributed by atoms with van der Waals surface area (Å²) in [6.45, 7) is 29.5. The van der Waals surface area contributed by atoms with E-state index < -0.39 is 11.4 Å². The lowest BCUT2D eigenvalue weighted by molar-refractivity contribution is -0.250. The fourth-order valence-corrected chi connectivity index (χ4v) is 14.5. The molecule has 0 bridgehead atoms. The van der Waals surface area contributed by atoms with Crippen LogP contribution in [0.4, 0.5) is 0 Å². The van der Waals surface area contributed by atoms with Crippen LogP contribution in [-0.4, -0.2) is 61.6 Å². The maximum absolute atomic E-state index is 13.6. The van der Waals surface area contributed by atoms with Gasteiger partial charge in [-0.1, -0.05) is 60.6 Å². The molecule has 5 rings (SSSR count). The molecule has 5 aliphatic rings. The molecule has 8 nitrogen and oxygen atoms in total. The number of fused-ring (bicyclic) bond motifs is 7. The summed E-state index contributed by atoms with van der Waals surface area (Å²) >= 11 is 0. The maximum Gasteiger partial charge on any atom is 0.306 e. The van der Waals surface area contributed by atoms with E-state index in [1.54, 1.807) is 0 Å². The van der Waals surface area contributed by atoms with E-state index in [-0.39, 0.29) is 64.1 Å². The zero-order valence-corrected chi connectivity index (χ0v) is 37.2. The maximum atomic E-state index is 13.6. The molecule has 1 unspecified atom stereocenters. The van der Waals surface area contributed by atoms with E-state index in [1.807, 2.05) is 27.7 Å². The fourth-order valence-electron chi connectivity index (χ4n) is 14.5. The van der Waals surface area contributed by atoms with Gasteiger partial charge in [0.1, 0.15) is 12.2 Å². The number of carboxylic acid groups (broad SMARTS) is 1. The number of hydrogen-bond donors (Lipinski definition) is 1. The van der Waals surface area contributed by atoms with Crippen molar-refractivity contribution < 1.29 is 38.4 Å². The second-order valence-electron chi connectivity index (χ2n) is 21.4. The van der Waals surface area contributed by atoms with Gasteiger partial charge in [-0.15, -0.1) is 0 Å². The van der Waals surface area contributed by atoms with Gasteiger partial charge in [0.25, 0.3) is 0 Å². The van der Waals surface area contributed by atoms with Crippen molar-refractivity contribution in [1.82, 2.24) is 0 Å². The third-order valence-electron chi connectivity index (χ3n) is 17.4. The van der Waals surface area contributed by atoms with Crippen LogP contribution in [0.3, 0.4) is 0 Å². The van der Waals surface area contributed by atoms with Crippen LogP contribution >= 0.6 is 0 Å². The molecular formula is C48H80O8. The molecule has 1 N–H and O–H groups in total. The highest BCUT2D eigenvalue weighted by Gasteiger charge is 2.71. The van der Waals surface area contributed by atoms with E-state index in [9.17, 15) is 19.5 Å². The molecule has 320 valence electrons. The molecule has 0 heterocycles. The summed E-state index contributed by atoms with van der Waals surface area (Å²) < 4.78 is 23.7. The first-order valence-electron chi connectivity index (χ1n) is 22.6. The van der Waals surface area contributed by atoms with E-state index in [4.69, 9.17) is 18.9 Å². The Kier molecular flexibility index (Phi) is 14.0. The van der Waals surface area contributed by atoms with E-state index >= 15 is 0 Å². The standard InChI is InChI=1S/C48H80O8/c1-12-53-28-14-15-33(31-54-13-2)55-40(51)21-25-48-24-18-34(32(3)4)42(48)35-16-17-37-45(9)22-20-38(56-41(52)30-43(5,6)29-39(49)50)44(7,8)36(45)19-23-47(37,11)46(35,10)26-27-48/h33-38,42H,3,12-31H2,1-2,4-11H3,(H,49,50)/t33?,34-,35+,36-,37+,38-,42+,45-,46+,47+,48-/m0/s1. The molecular weight excluding hydrogens is 705 g/mol. The minimum atomic E-state index is -0.885. The number of allylic oxidation sites excluding steroid dienone is 1. The summed E-state index contributed by atoms with van der Waals surface area (Å²) in [5.41, 5.74) is 1.20. The van der Waals surface area contributed by atoms with Crippen molar-refractivity contribution in [2.45, 2.75) is 184 Å². The molecule has 5 fully saturated rings. The van der Waals surface area contributed by atoms with E-state index in [2.05, 4.69) is 48.1 Å². The third kappa shape index (κ3) is 8.68. The van der Waals surface area contributed by atoms with Gasteiger partial charge in [-0.2, -0.15) is 0 Å². The van der Waals surface area contributed by atoms with Crippen molar-refractivity contribution in [1.29, 1.82) is 0 Å². The molecule has 11 atom stereocenters. The Morgan fingerprint density at radius 2 is 1.54 bits per heavy atom. The molecule has 0 aromatic rings. The predicted octanol–water partition coefficient (Wildman–Crippen LogP) is 11.0. The van der Waals surface area contributed by atoms with Gasteiger partial charge in [0, 0.05) is 31.7 Å². The van der Waals surface area contributed by atoms with E-state index in [1.165, 1.54) is 50.5 Å². The minimum Gasteiger partial charge on any atom is -0.481 e. The quantitative estimate of drug-likeness (QED) is 0.0831. The number of carbonyl (C=O) groups is 3. The van der Waals surface area contributed by atoms with Gasteiger partial charge < -0.3 is 24.1 Å². The second-order valence-corrected chi connectivity index (χ2v) is 21.4. The van der Waals surface area contributed by atoms with Crippen LogP contribution in [0, 0.1) is 62.1 Å². The Balaban J connectivity index is 1.32.